The number of rotatable bonds is 3. The Morgan fingerprint density at radius 3 is 2.30 bits per heavy atom. The highest BCUT2D eigenvalue weighted by Gasteiger charge is 2.58. The second-order valence-electron chi connectivity index (χ2n) is 6.65. The lowest BCUT2D eigenvalue weighted by atomic mass is 9.76. The number of halogens is 5. The first-order valence-electron chi connectivity index (χ1n) is 8.09. The van der Waals surface area contributed by atoms with Gasteiger partial charge in [0.2, 0.25) is 0 Å². The SMILES string of the molecule is C=C(O)c1ccc(C2=NC[C@@](c3cc(Cl)cc(Cl)c3)(C(F)(F)F)C2)cc1C. The number of hydrogen-bond donors (Lipinski definition) is 1. The molecule has 0 fully saturated rings. The van der Waals surface area contributed by atoms with Crippen LogP contribution in [0.15, 0.2) is 48.0 Å². The average Bonchev–Trinajstić information content (AvgIpc) is 3.00. The maximum absolute atomic E-state index is 14.1. The van der Waals surface area contributed by atoms with E-state index in [1.807, 2.05) is 0 Å². The van der Waals surface area contributed by atoms with Gasteiger partial charge in [-0.1, -0.05) is 41.9 Å². The van der Waals surface area contributed by atoms with Gasteiger partial charge < -0.3 is 5.11 Å². The number of aryl methyl sites for hydroxylation is 1. The maximum Gasteiger partial charge on any atom is 0.400 e. The van der Waals surface area contributed by atoms with Crippen LogP contribution < -0.4 is 0 Å². The smallest absolute Gasteiger partial charge is 0.400 e. The Hall–Kier alpha value is -1.98. The molecule has 7 heteroatoms. The van der Waals surface area contributed by atoms with Gasteiger partial charge in [0.1, 0.15) is 11.2 Å². The molecular weight excluding hydrogens is 398 g/mol. The van der Waals surface area contributed by atoms with Crippen LogP contribution in [-0.2, 0) is 5.41 Å². The molecular formula is C20H16Cl2F3NO. The Morgan fingerprint density at radius 2 is 1.78 bits per heavy atom. The van der Waals surface area contributed by atoms with Gasteiger partial charge in [0.15, 0.2) is 0 Å². The Bertz CT molecular complexity index is 932. The third-order valence-corrected chi connectivity index (χ3v) is 5.27. The summed E-state index contributed by atoms with van der Waals surface area (Å²) in [6.07, 6.45) is -4.84. The summed E-state index contributed by atoms with van der Waals surface area (Å²) in [5.74, 6) is -0.0920. The summed E-state index contributed by atoms with van der Waals surface area (Å²) in [5.41, 5.74) is 0.00470. The van der Waals surface area contributed by atoms with Crippen LogP contribution in [0.2, 0.25) is 10.0 Å². The minimum absolute atomic E-state index is 0.00308. The summed E-state index contributed by atoms with van der Waals surface area (Å²) < 4.78 is 42.3. The van der Waals surface area contributed by atoms with Crippen LogP contribution in [0.1, 0.15) is 28.7 Å². The second-order valence-corrected chi connectivity index (χ2v) is 7.53. The average molecular weight is 414 g/mol. The van der Waals surface area contributed by atoms with E-state index in [9.17, 15) is 18.3 Å². The Kier molecular flexibility index (Phi) is 5.04. The third-order valence-electron chi connectivity index (χ3n) is 4.84. The number of alkyl halides is 3. The largest absolute Gasteiger partial charge is 0.508 e. The molecule has 0 amide bonds. The first-order valence-corrected chi connectivity index (χ1v) is 8.85. The highest BCUT2D eigenvalue weighted by Crippen LogP contribution is 2.48. The minimum Gasteiger partial charge on any atom is -0.508 e. The molecule has 142 valence electrons. The van der Waals surface area contributed by atoms with Crippen LogP contribution >= 0.6 is 23.2 Å². The molecule has 0 radical (unpaired) electrons. The van der Waals surface area contributed by atoms with Crippen LogP contribution in [0.5, 0.6) is 0 Å². The first kappa shape index (κ1) is 19.8. The van der Waals surface area contributed by atoms with Gasteiger partial charge in [-0.2, -0.15) is 13.2 Å². The van der Waals surface area contributed by atoms with Crippen molar-refractivity contribution < 1.29 is 18.3 Å². The lowest BCUT2D eigenvalue weighted by Gasteiger charge is -2.31. The summed E-state index contributed by atoms with van der Waals surface area (Å²) in [6.45, 7) is 4.80. The lowest BCUT2D eigenvalue weighted by Crippen LogP contribution is -2.43. The Labute approximate surface area is 165 Å². The van der Waals surface area contributed by atoms with Crippen molar-refractivity contribution in [2.75, 3.05) is 6.54 Å². The Balaban J connectivity index is 2.02. The van der Waals surface area contributed by atoms with Crippen LogP contribution in [0.3, 0.4) is 0 Å². The van der Waals surface area contributed by atoms with Gasteiger partial charge in [-0.15, -0.1) is 0 Å². The zero-order valence-electron chi connectivity index (χ0n) is 14.4. The van der Waals surface area contributed by atoms with Gasteiger partial charge in [-0.3, -0.25) is 4.99 Å². The highest BCUT2D eigenvalue weighted by atomic mass is 35.5. The molecule has 0 unspecified atom stereocenters. The fourth-order valence-corrected chi connectivity index (χ4v) is 3.89. The van der Waals surface area contributed by atoms with E-state index in [0.717, 1.165) is 0 Å². The monoisotopic (exact) mass is 413 g/mol. The van der Waals surface area contributed by atoms with Crippen LogP contribution in [0.4, 0.5) is 13.2 Å². The molecule has 0 saturated heterocycles. The molecule has 2 nitrogen and oxygen atoms in total. The first-order chi connectivity index (χ1) is 12.5. The molecule has 0 bridgehead atoms. The molecule has 0 saturated carbocycles. The molecule has 3 rings (SSSR count). The van der Waals surface area contributed by atoms with Crippen LogP contribution in [0.25, 0.3) is 5.76 Å². The van der Waals surface area contributed by atoms with Gasteiger partial charge in [0.25, 0.3) is 0 Å². The van der Waals surface area contributed by atoms with Gasteiger partial charge in [0.05, 0.1) is 6.54 Å². The highest BCUT2D eigenvalue weighted by molar-refractivity contribution is 6.34. The molecule has 1 N–H and O–H groups in total. The van der Waals surface area contributed by atoms with Crippen LogP contribution in [-0.4, -0.2) is 23.5 Å². The summed E-state index contributed by atoms with van der Waals surface area (Å²) in [4.78, 5) is 4.20. The molecule has 1 atom stereocenters. The standard InChI is InChI=1S/C20H16Cl2F3NO/c1-11-5-13(3-4-17(11)12(2)27)18-9-19(10-26-18,20(23,24)25)14-6-15(21)8-16(22)7-14/h3-8,27H,2,9-10H2,1H3/t19-/m0/s1. The van der Waals surface area contributed by atoms with E-state index in [2.05, 4.69) is 11.6 Å². The van der Waals surface area contributed by atoms with E-state index in [0.29, 0.717) is 22.4 Å². The van der Waals surface area contributed by atoms with Gasteiger partial charge >= 0.3 is 6.18 Å². The number of hydrogen-bond acceptors (Lipinski definition) is 2. The Morgan fingerprint density at radius 1 is 1.15 bits per heavy atom. The predicted molar refractivity (Wildman–Crippen MR) is 103 cm³/mol. The van der Waals surface area contributed by atoms with Crippen molar-refractivity contribution in [1.82, 2.24) is 0 Å². The van der Waals surface area contributed by atoms with E-state index in [-0.39, 0.29) is 27.8 Å². The number of aliphatic hydroxyl groups excluding tert-OH is 1. The van der Waals surface area contributed by atoms with Crippen molar-refractivity contribution in [2.24, 2.45) is 4.99 Å². The maximum atomic E-state index is 14.1. The number of benzene rings is 2. The summed E-state index contributed by atoms with van der Waals surface area (Å²) in [5, 5.41) is 9.85. The fraction of sp³-hybridized carbons (Fsp3) is 0.250. The van der Waals surface area contributed by atoms with Crippen molar-refractivity contribution >= 4 is 34.7 Å². The van der Waals surface area contributed by atoms with Crippen molar-refractivity contribution in [2.45, 2.75) is 24.9 Å². The predicted octanol–water partition coefficient (Wildman–Crippen LogP) is 6.52. The summed E-state index contributed by atoms with van der Waals surface area (Å²) in [6, 6.07) is 8.95. The quantitative estimate of drug-likeness (QED) is 0.570. The van der Waals surface area contributed by atoms with E-state index in [1.165, 1.54) is 18.2 Å². The molecule has 1 aliphatic rings. The van der Waals surface area contributed by atoms with Crippen molar-refractivity contribution in [3.63, 3.8) is 0 Å². The van der Waals surface area contributed by atoms with E-state index >= 15 is 0 Å². The third kappa shape index (κ3) is 3.58. The zero-order valence-corrected chi connectivity index (χ0v) is 15.9. The van der Waals surface area contributed by atoms with Gasteiger partial charge in [0, 0.05) is 27.7 Å². The lowest BCUT2D eigenvalue weighted by molar-refractivity contribution is -0.183. The van der Waals surface area contributed by atoms with Crippen LogP contribution in [0, 0.1) is 6.92 Å². The molecule has 0 aromatic heterocycles. The van der Waals surface area contributed by atoms with Gasteiger partial charge in [-0.25, -0.2) is 0 Å². The molecule has 27 heavy (non-hydrogen) atoms. The molecule has 2 aromatic carbocycles. The normalized spacial score (nSPS) is 19.9. The summed E-state index contributed by atoms with van der Waals surface area (Å²) >= 11 is 11.9. The zero-order chi connectivity index (χ0) is 20.0. The molecule has 1 aliphatic heterocycles. The second kappa shape index (κ2) is 6.88. The van der Waals surface area contributed by atoms with Gasteiger partial charge in [-0.05, 0) is 47.9 Å². The number of aliphatic imine (C=N–C) groups is 1. The molecule has 0 spiro atoms. The summed E-state index contributed by atoms with van der Waals surface area (Å²) in [7, 11) is 0. The van der Waals surface area contributed by atoms with Crippen molar-refractivity contribution in [1.29, 1.82) is 0 Å². The fourth-order valence-electron chi connectivity index (χ4n) is 3.37. The molecule has 2 aromatic rings. The van der Waals surface area contributed by atoms with Crippen molar-refractivity contribution in [3.05, 3.63) is 75.3 Å². The van der Waals surface area contributed by atoms with E-state index in [1.54, 1.807) is 25.1 Å². The van der Waals surface area contributed by atoms with Crippen molar-refractivity contribution in [3.8, 4) is 0 Å². The minimum atomic E-state index is -4.53. The van der Waals surface area contributed by atoms with E-state index in [4.69, 9.17) is 23.2 Å². The van der Waals surface area contributed by atoms with E-state index < -0.39 is 18.1 Å². The molecule has 1 heterocycles. The number of aliphatic hydroxyl groups is 1. The molecule has 0 aliphatic carbocycles. The topological polar surface area (TPSA) is 32.6 Å². The number of nitrogens with zero attached hydrogens (tertiary/aromatic N) is 1.